The van der Waals surface area contributed by atoms with Crippen LogP contribution in [0, 0.1) is 0 Å². The van der Waals surface area contributed by atoms with Gasteiger partial charge in [0.05, 0.1) is 41.1 Å². The fraction of sp³-hybridized carbons (Fsp3) is 0.0714. The lowest BCUT2D eigenvalue weighted by molar-refractivity contribution is -0.432. The van der Waals surface area contributed by atoms with Gasteiger partial charge in [-0.1, -0.05) is 17.2 Å². The van der Waals surface area contributed by atoms with Gasteiger partial charge in [0.2, 0.25) is 5.91 Å². The van der Waals surface area contributed by atoms with Crippen molar-refractivity contribution in [1.29, 1.82) is 0 Å². The molecular weight excluding hydrogens is 616 g/mol. The molecule has 0 saturated heterocycles. The monoisotopic (exact) mass is 640 g/mol. The Morgan fingerprint density at radius 1 is 0.841 bits per heavy atom. The smallest absolute Gasteiger partial charge is 0.296 e. The van der Waals surface area contributed by atoms with E-state index in [2.05, 4.69) is 30.3 Å². The van der Waals surface area contributed by atoms with Crippen LogP contribution in [-0.4, -0.2) is 49.5 Å². The summed E-state index contributed by atoms with van der Waals surface area (Å²) in [5.41, 5.74) is 1.07. The van der Waals surface area contributed by atoms with Crippen molar-refractivity contribution < 1.29 is 46.7 Å². The number of carbonyl (C=O) groups is 3. The van der Waals surface area contributed by atoms with Crippen LogP contribution >= 0.6 is 12.0 Å². The molecule has 5 N–H and O–H groups in total. The first-order valence-corrected chi connectivity index (χ1v) is 14.6. The standard InChI is InChI=1S/C28H24N4O10S2/c1-16(33)30-22-8-10-24(26(14-22)44(37,38)39)32-28(35)19-6-4-17-3-5-18(11-20(17)12-19)27(34)31-23-9-7-21(29-15-40-2)13-25(23)43-42-41-36/h3-15,36H,1-2H3,(H,30,33)(H,31,34)(H,32,35)(H,37,38,39). The highest BCUT2D eigenvalue weighted by atomic mass is 32.2. The summed E-state index contributed by atoms with van der Waals surface area (Å²) in [6.07, 6.45) is 1.21. The summed E-state index contributed by atoms with van der Waals surface area (Å²) in [6.45, 7) is 1.23. The number of amides is 3. The van der Waals surface area contributed by atoms with E-state index in [9.17, 15) is 27.4 Å². The topological polar surface area (TPSA) is 202 Å². The van der Waals surface area contributed by atoms with Crippen LogP contribution in [0.3, 0.4) is 0 Å². The highest BCUT2D eigenvalue weighted by molar-refractivity contribution is 7.94. The molecule has 0 bridgehead atoms. The number of aliphatic imine (C=N–C) groups is 1. The Balaban J connectivity index is 1.58. The van der Waals surface area contributed by atoms with Crippen molar-refractivity contribution in [2.45, 2.75) is 16.7 Å². The molecule has 4 rings (SSSR count). The molecule has 4 aromatic carbocycles. The van der Waals surface area contributed by atoms with Crippen molar-refractivity contribution in [1.82, 2.24) is 0 Å². The molecule has 0 aliphatic carbocycles. The van der Waals surface area contributed by atoms with E-state index in [1.54, 1.807) is 42.5 Å². The van der Waals surface area contributed by atoms with Gasteiger partial charge in [-0.25, -0.2) is 10.2 Å². The Bertz CT molecular complexity index is 1880. The molecule has 228 valence electrons. The van der Waals surface area contributed by atoms with E-state index >= 15 is 0 Å². The number of anilines is 3. The maximum Gasteiger partial charge on any atom is 0.296 e. The third-order valence-corrected chi connectivity index (χ3v) is 7.41. The average molecular weight is 641 g/mol. The van der Waals surface area contributed by atoms with E-state index < -0.39 is 32.7 Å². The minimum absolute atomic E-state index is 0.107. The third kappa shape index (κ3) is 8.16. The number of nitrogens with one attached hydrogen (secondary N) is 3. The fourth-order valence-corrected chi connectivity index (χ4v) is 5.12. The second-order valence-electron chi connectivity index (χ2n) is 8.93. The van der Waals surface area contributed by atoms with Gasteiger partial charge in [-0.05, 0) is 71.4 Å². The summed E-state index contributed by atoms with van der Waals surface area (Å²) in [4.78, 5) is 41.4. The van der Waals surface area contributed by atoms with E-state index in [-0.39, 0.29) is 22.5 Å². The Morgan fingerprint density at radius 2 is 1.48 bits per heavy atom. The first kappa shape index (κ1) is 32.1. The Hall–Kier alpha value is -4.84. The first-order chi connectivity index (χ1) is 21.0. The van der Waals surface area contributed by atoms with Crippen LogP contribution < -0.4 is 16.0 Å². The summed E-state index contributed by atoms with van der Waals surface area (Å²) >= 11 is 0.628. The van der Waals surface area contributed by atoms with Gasteiger partial charge < -0.3 is 20.7 Å². The number of hydrogen-bond acceptors (Lipinski definition) is 11. The van der Waals surface area contributed by atoms with Crippen LogP contribution in [0.4, 0.5) is 22.7 Å². The van der Waals surface area contributed by atoms with Crippen LogP contribution in [0.5, 0.6) is 0 Å². The normalized spacial score (nSPS) is 11.4. The minimum Gasteiger partial charge on any atom is -0.486 e. The van der Waals surface area contributed by atoms with Crippen molar-refractivity contribution >= 4 is 79.8 Å². The second-order valence-corrected chi connectivity index (χ2v) is 11.1. The fourth-order valence-electron chi connectivity index (χ4n) is 3.97. The number of rotatable bonds is 11. The van der Waals surface area contributed by atoms with Gasteiger partial charge >= 0.3 is 0 Å². The average Bonchev–Trinajstić information content (AvgIpc) is 2.99. The highest BCUT2D eigenvalue weighted by Gasteiger charge is 2.20. The lowest BCUT2D eigenvalue weighted by Crippen LogP contribution is -2.15. The third-order valence-electron chi connectivity index (χ3n) is 5.87. The van der Waals surface area contributed by atoms with Crippen LogP contribution in [0.15, 0.2) is 87.6 Å². The molecular formula is C28H24N4O10S2. The Morgan fingerprint density at radius 3 is 2.07 bits per heavy atom. The van der Waals surface area contributed by atoms with Crippen LogP contribution in [0.2, 0.25) is 0 Å². The lowest BCUT2D eigenvalue weighted by Gasteiger charge is -2.12. The van der Waals surface area contributed by atoms with Crippen LogP contribution in [0.25, 0.3) is 10.8 Å². The van der Waals surface area contributed by atoms with Crippen molar-refractivity contribution in [2.24, 2.45) is 4.99 Å². The lowest BCUT2D eigenvalue weighted by atomic mass is 10.0. The molecule has 0 atom stereocenters. The van der Waals surface area contributed by atoms with E-state index in [0.717, 1.165) is 6.07 Å². The molecule has 3 amide bonds. The van der Waals surface area contributed by atoms with Crippen LogP contribution in [-0.2, 0) is 29.0 Å². The quantitative estimate of drug-likeness (QED) is 0.0356. The zero-order valence-corrected chi connectivity index (χ0v) is 24.6. The molecule has 4 aromatic rings. The maximum atomic E-state index is 13.1. The van der Waals surface area contributed by atoms with Gasteiger partial charge in [0, 0.05) is 23.7 Å². The Kier molecular flexibility index (Phi) is 10.3. The van der Waals surface area contributed by atoms with E-state index in [1.165, 1.54) is 44.7 Å². The maximum absolute atomic E-state index is 13.1. The number of ether oxygens (including phenoxy) is 1. The first-order valence-electron chi connectivity index (χ1n) is 12.4. The molecule has 0 aromatic heterocycles. The molecule has 16 heteroatoms. The molecule has 0 aliphatic heterocycles. The number of carbonyl (C=O) groups excluding carboxylic acids is 3. The molecule has 14 nitrogen and oxygen atoms in total. The predicted octanol–water partition coefficient (Wildman–Crippen LogP) is 5.28. The number of hydrogen-bond donors (Lipinski definition) is 5. The van der Waals surface area contributed by atoms with Crippen molar-refractivity contribution in [3.8, 4) is 0 Å². The van der Waals surface area contributed by atoms with Gasteiger partial charge in [-0.2, -0.15) is 8.42 Å². The zero-order chi connectivity index (χ0) is 31.9. The zero-order valence-electron chi connectivity index (χ0n) is 22.9. The van der Waals surface area contributed by atoms with Crippen molar-refractivity contribution in [3.63, 3.8) is 0 Å². The van der Waals surface area contributed by atoms with E-state index in [4.69, 9.17) is 9.99 Å². The summed E-state index contributed by atoms with van der Waals surface area (Å²) in [5.74, 6) is -1.65. The van der Waals surface area contributed by atoms with Gasteiger partial charge in [0.25, 0.3) is 21.9 Å². The molecule has 0 unspecified atom stereocenters. The van der Waals surface area contributed by atoms with E-state index in [0.29, 0.717) is 39.1 Å². The molecule has 44 heavy (non-hydrogen) atoms. The summed E-state index contributed by atoms with van der Waals surface area (Å²) in [5, 5.41) is 21.1. The second kappa shape index (κ2) is 14.1. The number of methoxy groups -OCH3 is 1. The summed E-state index contributed by atoms with van der Waals surface area (Å²) in [7, 11) is -3.33. The molecule has 0 fully saturated rings. The number of benzene rings is 4. The van der Waals surface area contributed by atoms with E-state index in [1.807, 2.05) is 0 Å². The minimum atomic E-state index is -4.76. The molecule has 0 radical (unpaired) electrons. The van der Waals surface area contributed by atoms with Crippen molar-refractivity contribution in [2.75, 3.05) is 23.1 Å². The van der Waals surface area contributed by atoms with Crippen LogP contribution in [0.1, 0.15) is 27.6 Å². The largest absolute Gasteiger partial charge is 0.486 e. The predicted molar refractivity (Wildman–Crippen MR) is 163 cm³/mol. The van der Waals surface area contributed by atoms with Gasteiger partial charge in [-0.3, -0.25) is 18.9 Å². The molecule has 0 heterocycles. The molecule has 0 saturated carbocycles. The summed E-state index contributed by atoms with van der Waals surface area (Å²) < 4.78 is 42.9. The van der Waals surface area contributed by atoms with Gasteiger partial charge in [-0.15, -0.1) is 4.33 Å². The molecule has 0 spiro atoms. The summed E-state index contributed by atoms with van der Waals surface area (Å²) in [6, 6.07) is 17.9. The number of fused-ring (bicyclic) bond motifs is 1. The van der Waals surface area contributed by atoms with Gasteiger partial charge in [0.1, 0.15) is 4.90 Å². The highest BCUT2D eigenvalue weighted by Crippen LogP contribution is 2.33. The van der Waals surface area contributed by atoms with Crippen molar-refractivity contribution in [3.05, 3.63) is 83.9 Å². The van der Waals surface area contributed by atoms with Gasteiger partial charge in [0.15, 0.2) is 6.40 Å². The SMILES string of the molecule is COC=Nc1ccc(NC(=O)c2ccc3ccc(C(=O)Nc4ccc(NC(C)=O)cc4S(=O)(=O)O)cc3c2)c(SOOO)c1. The molecule has 0 aliphatic rings. The number of nitrogens with zero attached hydrogens (tertiary/aromatic N) is 1. The Labute approximate surface area is 254 Å².